The van der Waals surface area contributed by atoms with Crippen LogP contribution in [0.2, 0.25) is 0 Å². The molecular formula is C19H26N4O4. The number of nitrogens with one attached hydrogen (secondary N) is 1. The molecule has 3 aliphatic rings. The van der Waals surface area contributed by atoms with Gasteiger partial charge in [0.1, 0.15) is 18.2 Å². The maximum Gasteiger partial charge on any atom is 0.326 e. The van der Waals surface area contributed by atoms with Gasteiger partial charge in [-0.05, 0) is 44.1 Å². The predicted octanol–water partition coefficient (Wildman–Crippen LogP) is 2.02. The summed E-state index contributed by atoms with van der Waals surface area (Å²) in [5.41, 5.74) is -0.847. The molecular weight excluding hydrogens is 348 g/mol. The third kappa shape index (κ3) is 3.11. The van der Waals surface area contributed by atoms with Crippen LogP contribution in [0.1, 0.15) is 57.9 Å². The fraction of sp³-hybridized carbons (Fsp3) is 0.684. The van der Waals surface area contributed by atoms with Crippen LogP contribution in [-0.2, 0) is 14.3 Å². The number of hydrogen-bond acceptors (Lipinski definition) is 5. The van der Waals surface area contributed by atoms with E-state index in [9.17, 15) is 14.4 Å². The van der Waals surface area contributed by atoms with Crippen molar-refractivity contribution in [1.29, 1.82) is 0 Å². The number of nitrogens with zero attached hydrogens (tertiary/aromatic N) is 3. The SMILES string of the molecule is CC1CCCCC12NC(=O)N(CC(=O)O[C@@H]1CCC[C@H]1n1cccn1)C2=O. The van der Waals surface area contributed by atoms with E-state index in [1.54, 1.807) is 6.20 Å². The number of hydrogen-bond donors (Lipinski definition) is 1. The molecule has 2 aliphatic carbocycles. The van der Waals surface area contributed by atoms with Crippen molar-refractivity contribution in [3.05, 3.63) is 18.5 Å². The third-order valence-electron chi connectivity index (χ3n) is 6.35. The van der Waals surface area contributed by atoms with Crippen LogP contribution in [0.4, 0.5) is 4.79 Å². The Kier molecular flexibility index (Phi) is 4.65. The molecule has 8 nitrogen and oxygen atoms in total. The number of ether oxygens (including phenoxy) is 1. The lowest BCUT2D eigenvalue weighted by molar-refractivity contribution is -0.154. The number of carbonyl (C=O) groups excluding carboxylic acids is 3. The average molecular weight is 374 g/mol. The van der Waals surface area contributed by atoms with Crippen molar-refractivity contribution in [3.63, 3.8) is 0 Å². The van der Waals surface area contributed by atoms with Crippen LogP contribution >= 0.6 is 0 Å². The molecule has 3 amide bonds. The Morgan fingerprint density at radius 2 is 2.15 bits per heavy atom. The van der Waals surface area contributed by atoms with Gasteiger partial charge in [-0.2, -0.15) is 5.10 Å². The first-order valence-corrected chi connectivity index (χ1v) is 9.84. The van der Waals surface area contributed by atoms with Crippen molar-refractivity contribution < 1.29 is 19.1 Å². The minimum atomic E-state index is -0.847. The highest BCUT2D eigenvalue weighted by Crippen LogP contribution is 2.38. The molecule has 2 heterocycles. The van der Waals surface area contributed by atoms with E-state index in [4.69, 9.17) is 4.74 Å². The molecule has 2 saturated carbocycles. The number of amides is 3. The lowest BCUT2D eigenvalue weighted by Gasteiger charge is -2.36. The molecule has 1 saturated heterocycles. The van der Waals surface area contributed by atoms with Crippen molar-refractivity contribution in [3.8, 4) is 0 Å². The Labute approximate surface area is 158 Å². The summed E-state index contributed by atoms with van der Waals surface area (Å²) in [7, 11) is 0. The van der Waals surface area contributed by atoms with E-state index >= 15 is 0 Å². The minimum Gasteiger partial charge on any atom is -0.459 e. The molecule has 2 unspecified atom stereocenters. The Bertz CT molecular complexity index is 734. The fourth-order valence-electron chi connectivity index (χ4n) is 4.80. The zero-order chi connectivity index (χ0) is 19.0. The molecule has 0 aromatic carbocycles. The highest BCUT2D eigenvalue weighted by molar-refractivity contribution is 6.08. The maximum atomic E-state index is 12.9. The van der Waals surface area contributed by atoms with Crippen LogP contribution in [0.3, 0.4) is 0 Å². The lowest BCUT2D eigenvalue weighted by Crippen LogP contribution is -2.54. The number of esters is 1. The molecule has 1 aliphatic heterocycles. The summed E-state index contributed by atoms with van der Waals surface area (Å²) in [6, 6.07) is 1.37. The van der Waals surface area contributed by atoms with Crippen LogP contribution in [0.25, 0.3) is 0 Å². The molecule has 4 atom stereocenters. The van der Waals surface area contributed by atoms with E-state index in [0.29, 0.717) is 6.42 Å². The number of imide groups is 1. The largest absolute Gasteiger partial charge is 0.459 e. The normalized spacial score (nSPS) is 33.5. The van der Waals surface area contributed by atoms with Gasteiger partial charge in [-0.15, -0.1) is 0 Å². The van der Waals surface area contributed by atoms with Crippen molar-refractivity contribution >= 4 is 17.9 Å². The van der Waals surface area contributed by atoms with Gasteiger partial charge in [0.15, 0.2) is 0 Å². The highest BCUT2D eigenvalue weighted by Gasteiger charge is 2.55. The third-order valence-corrected chi connectivity index (χ3v) is 6.35. The van der Waals surface area contributed by atoms with Gasteiger partial charge in [0.2, 0.25) is 0 Å². The standard InChI is InChI=1S/C19H26N4O4/c1-13-6-2-3-9-19(13)17(25)22(18(26)21-19)12-16(24)27-15-8-4-7-14(15)23-11-5-10-20-23/h5,10-11,13-15H,2-4,6-9,12H2,1H3,(H,21,26)/t13?,14-,15-,19?/m1/s1. The summed E-state index contributed by atoms with van der Waals surface area (Å²) in [6.45, 7) is 1.66. The van der Waals surface area contributed by atoms with Gasteiger partial charge in [-0.3, -0.25) is 19.2 Å². The summed E-state index contributed by atoms with van der Waals surface area (Å²) in [5.74, 6) is -0.752. The summed E-state index contributed by atoms with van der Waals surface area (Å²) >= 11 is 0. The second kappa shape index (κ2) is 6.98. The number of aromatic nitrogens is 2. The van der Waals surface area contributed by atoms with E-state index in [1.165, 1.54) is 0 Å². The Morgan fingerprint density at radius 3 is 2.89 bits per heavy atom. The van der Waals surface area contributed by atoms with Crippen LogP contribution < -0.4 is 5.32 Å². The minimum absolute atomic E-state index is 0.0109. The zero-order valence-electron chi connectivity index (χ0n) is 15.6. The maximum absolute atomic E-state index is 12.9. The van der Waals surface area contributed by atoms with E-state index < -0.39 is 17.5 Å². The van der Waals surface area contributed by atoms with Crippen molar-refractivity contribution in [2.75, 3.05) is 6.54 Å². The summed E-state index contributed by atoms with van der Waals surface area (Å²) in [4.78, 5) is 38.9. The van der Waals surface area contributed by atoms with Crippen molar-refractivity contribution in [2.45, 2.75) is 69.6 Å². The number of carbonyl (C=O) groups is 3. The molecule has 0 bridgehead atoms. The van der Waals surface area contributed by atoms with Gasteiger partial charge in [0.25, 0.3) is 5.91 Å². The van der Waals surface area contributed by atoms with E-state index in [-0.39, 0.29) is 30.5 Å². The Hall–Kier alpha value is -2.38. The van der Waals surface area contributed by atoms with Crippen molar-refractivity contribution in [1.82, 2.24) is 20.0 Å². The topological polar surface area (TPSA) is 93.5 Å². The van der Waals surface area contributed by atoms with Crippen LogP contribution in [0.5, 0.6) is 0 Å². The molecule has 1 aromatic rings. The smallest absolute Gasteiger partial charge is 0.326 e. The monoisotopic (exact) mass is 374 g/mol. The first-order valence-electron chi connectivity index (χ1n) is 9.84. The molecule has 1 aromatic heterocycles. The molecule has 1 N–H and O–H groups in total. The van der Waals surface area contributed by atoms with Crippen LogP contribution in [0, 0.1) is 5.92 Å². The lowest BCUT2D eigenvalue weighted by atomic mass is 9.73. The Morgan fingerprint density at radius 1 is 1.30 bits per heavy atom. The van der Waals surface area contributed by atoms with E-state index in [0.717, 1.165) is 43.4 Å². The first kappa shape index (κ1) is 18.0. The van der Waals surface area contributed by atoms with Gasteiger partial charge in [-0.25, -0.2) is 4.79 Å². The van der Waals surface area contributed by atoms with Crippen LogP contribution in [0.15, 0.2) is 18.5 Å². The fourth-order valence-corrected chi connectivity index (χ4v) is 4.80. The van der Waals surface area contributed by atoms with E-state index in [2.05, 4.69) is 10.4 Å². The Balaban J connectivity index is 1.41. The van der Waals surface area contributed by atoms with Crippen LogP contribution in [-0.4, -0.2) is 50.8 Å². The number of rotatable bonds is 4. The molecule has 146 valence electrons. The average Bonchev–Trinajstić information content (AvgIpc) is 3.35. The van der Waals surface area contributed by atoms with E-state index in [1.807, 2.05) is 23.9 Å². The molecule has 4 rings (SSSR count). The number of urea groups is 1. The second-order valence-electron chi connectivity index (χ2n) is 7.95. The van der Waals surface area contributed by atoms with Crippen molar-refractivity contribution in [2.24, 2.45) is 5.92 Å². The quantitative estimate of drug-likeness (QED) is 0.643. The molecule has 8 heteroatoms. The summed E-state index contributed by atoms with van der Waals surface area (Å²) in [6.07, 6.45) is 9.39. The predicted molar refractivity (Wildman–Crippen MR) is 95.6 cm³/mol. The van der Waals surface area contributed by atoms with Gasteiger partial charge in [0.05, 0.1) is 6.04 Å². The van der Waals surface area contributed by atoms with Gasteiger partial charge in [-0.1, -0.05) is 19.8 Å². The zero-order valence-corrected chi connectivity index (χ0v) is 15.6. The molecule has 3 fully saturated rings. The first-order chi connectivity index (χ1) is 13.0. The van der Waals surface area contributed by atoms with Gasteiger partial charge < -0.3 is 10.1 Å². The molecule has 1 spiro atoms. The molecule has 27 heavy (non-hydrogen) atoms. The molecule has 0 radical (unpaired) electrons. The highest BCUT2D eigenvalue weighted by atomic mass is 16.5. The van der Waals surface area contributed by atoms with Gasteiger partial charge in [0, 0.05) is 12.4 Å². The summed E-state index contributed by atoms with van der Waals surface area (Å²) in [5, 5.41) is 7.11. The summed E-state index contributed by atoms with van der Waals surface area (Å²) < 4.78 is 7.45. The second-order valence-corrected chi connectivity index (χ2v) is 7.95. The van der Waals surface area contributed by atoms with Gasteiger partial charge >= 0.3 is 12.0 Å².